The zero-order valence-corrected chi connectivity index (χ0v) is 7.86. The van der Waals surface area contributed by atoms with Crippen molar-refractivity contribution in [2.24, 2.45) is 4.99 Å². The summed E-state index contributed by atoms with van der Waals surface area (Å²) in [4.78, 5) is 14.7. The predicted octanol–water partition coefficient (Wildman–Crippen LogP) is 1.53. The van der Waals surface area contributed by atoms with Crippen molar-refractivity contribution < 1.29 is 4.79 Å². The number of hydrogen-bond acceptors (Lipinski definition) is 3. The molecular formula is C7H9NOS2. The highest BCUT2D eigenvalue weighted by molar-refractivity contribution is 8.32. The van der Waals surface area contributed by atoms with E-state index >= 15 is 0 Å². The number of hydrogen-bond donors (Lipinski definition) is 1. The number of rotatable bonds is 2. The number of carbonyl (C=O) groups excluding carboxylic acids is 1. The monoisotopic (exact) mass is 187 g/mol. The number of thioether (sulfide) groups is 1. The van der Waals surface area contributed by atoms with E-state index < -0.39 is 0 Å². The lowest BCUT2D eigenvalue weighted by atomic mass is 10.3. The predicted molar refractivity (Wildman–Crippen MR) is 52.5 cm³/mol. The summed E-state index contributed by atoms with van der Waals surface area (Å²) >= 11 is 5.70. The Labute approximate surface area is 75.6 Å². The molecule has 0 aromatic rings. The third-order valence-electron chi connectivity index (χ3n) is 1.21. The fourth-order valence-corrected chi connectivity index (χ4v) is 1.81. The van der Waals surface area contributed by atoms with Gasteiger partial charge in [0.15, 0.2) is 5.78 Å². The van der Waals surface area contributed by atoms with Crippen LogP contribution in [0.25, 0.3) is 0 Å². The van der Waals surface area contributed by atoms with Gasteiger partial charge in [-0.05, 0) is 13.0 Å². The number of carbonyl (C=O) groups is 1. The van der Waals surface area contributed by atoms with E-state index in [9.17, 15) is 4.79 Å². The van der Waals surface area contributed by atoms with Gasteiger partial charge in [0.25, 0.3) is 0 Å². The zero-order chi connectivity index (χ0) is 8.27. The molecular weight excluding hydrogens is 178 g/mol. The van der Waals surface area contributed by atoms with Crippen LogP contribution < -0.4 is 0 Å². The summed E-state index contributed by atoms with van der Waals surface area (Å²) < 4.78 is 0.809. The topological polar surface area (TPSA) is 29.4 Å². The van der Waals surface area contributed by atoms with E-state index in [1.165, 1.54) is 6.92 Å². The molecule has 1 unspecified atom stereocenters. The zero-order valence-electron chi connectivity index (χ0n) is 6.15. The van der Waals surface area contributed by atoms with Crippen LogP contribution in [0.4, 0.5) is 0 Å². The molecule has 0 bridgehead atoms. The summed E-state index contributed by atoms with van der Waals surface area (Å²) in [7, 11) is 0. The molecule has 0 fully saturated rings. The van der Waals surface area contributed by atoms with Crippen LogP contribution in [-0.4, -0.2) is 22.0 Å². The van der Waals surface area contributed by atoms with Crippen molar-refractivity contribution in [2.45, 2.75) is 13.0 Å². The molecule has 1 heterocycles. The van der Waals surface area contributed by atoms with E-state index in [0.29, 0.717) is 0 Å². The van der Waals surface area contributed by atoms with Crippen molar-refractivity contribution in [1.29, 1.82) is 0 Å². The number of allylic oxidation sites excluding steroid dienone is 1. The highest BCUT2D eigenvalue weighted by Crippen LogP contribution is 2.20. The molecule has 0 radical (unpaired) electrons. The third-order valence-corrected chi connectivity index (χ3v) is 2.59. The first-order valence-corrected chi connectivity index (χ1v) is 4.70. The molecule has 1 aliphatic rings. The second-order valence-electron chi connectivity index (χ2n) is 2.26. The van der Waals surface area contributed by atoms with Crippen LogP contribution in [0.3, 0.4) is 0 Å². The smallest absolute Gasteiger partial charge is 0.152 e. The maximum atomic E-state index is 10.5. The summed E-state index contributed by atoms with van der Waals surface area (Å²) in [6.45, 7) is 1.53. The van der Waals surface area contributed by atoms with E-state index in [2.05, 4.69) is 17.6 Å². The first kappa shape index (κ1) is 8.87. The third kappa shape index (κ3) is 3.12. The van der Waals surface area contributed by atoms with Gasteiger partial charge in [0.2, 0.25) is 0 Å². The second-order valence-corrected chi connectivity index (χ2v) is 3.99. The Morgan fingerprint density at radius 1 is 1.91 bits per heavy atom. The van der Waals surface area contributed by atoms with Gasteiger partial charge in [0.1, 0.15) is 4.38 Å². The fraction of sp³-hybridized carbons (Fsp3) is 0.429. The Kier molecular flexibility index (Phi) is 3.20. The van der Waals surface area contributed by atoms with Gasteiger partial charge in [0, 0.05) is 5.75 Å². The SMILES string of the molecule is CC(=O)/C=C\C1CSC(S)=N1. The lowest BCUT2D eigenvalue weighted by Crippen LogP contribution is -1.98. The Bertz CT molecular complexity index is 222. The molecule has 0 N–H and O–H groups in total. The van der Waals surface area contributed by atoms with Crippen LogP contribution in [0.5, 0.6) is 0 Å². The van der Waals surface area contributed by atoms with E-state index in [-0.39, 0.29) is 11.8 Å². The summed E-state index contributed by atoms with van der Waals surface area (Å²) in [6, 6.07) is 0.149. The van der Waals surface area contributed by atoms with Crippen molar-refractivity contribution >= 4 is 34.5 Å². The number of nitrogens with zero attached hydrogens (tertiary/aromatic N) is 1. The minimum absolute atomic E-state index is 0.0674. The fourth-order valence-electron chi connectivity index (χ4n) is 0.721. The van der Waals surface area contributed by atoms with Gasteiger partial charge in [-0.1, -0.05) is 17.8 Å². The lowest BCUT2D eigenvalue weighted by molar-refractivity contribution is -0.112. The maximum absolute atomic E-state index is 10.5. The van der Waals surface area contributed by atoms with Crippen LogP contribution in [0.2, 0.25) is 0 Å². The molecule has 0 aliphatic carbocycles. The Morgan fingerprint density at radius 3 is 3.09 bits per heavy atom. The first-order chi connectivity index (χ1) is 5.18. The van der Waals surface area contributed by atoms with Crippen LogP contribution >= 0.6 is 24.4 Å². The van der Waals surface area contributed by atoms with Gasteiger partial charge < -0.3 is 0 Å². The van der Waals surface area contributed by atoms with Crippen molar-refractivity contribution in [3.63, 3.8) is 0 Å². The quantitative estimate of drug-likeness (QED) is 0.525. The molecule has 60 valence electrons. The highest BCUT2D eigenvalue weighted by atomic mass is 32.2. The molecule has 1 atom stereocenters. The Balaban J connectivity index is 2.46. The van der Waals surface area contributed by atoms with Crippen LogP contribution in [0.1, 0.15) is 6.92 Å². The van der Waals surface area contributed by atoms with Gasteiger partial charge in [-0.3, -0.25) is 9.79 Å². The minimum Gasteiger partial charge on any atom is -0.295 e. The number of ketones is 1. The Morgan fingerprint density at radius 2 is 2.64 bits per heavy atom. The standard InChI is InChI=1S/C7H9NOS2/c1-5(9)2-3-6-4-11-7(10)8-6/h2-3,6H,4H2,1H3,(H,8,10)/b3-2-. The molecule has 0 saturated heterocycles. The normalized spacial score (nSPS) is 24.2. The average Bonchev–Trinajstić information content (AvgIpc) is 2.31. The Hall–Kier alpha value is -0.220. The van der Waals surface area contributed by atoms with Crippen LogP contribution in [0.15, 0.2) is 17.1 Å². The molecule has 11 heavy (non-hydrogen) atoms. The minimum atomic E-state index is 0.0674. The molecule has 0 amide bonds. The molecule has 4 heteroatoms. The summed E-state index contributed by atoms with van der Waals surface area (Å²) in [5.74, 6) is 0.973. The summed E-state index contributed by atoms with van der Waals surface area (Å²) in [5.41, 5.74) is 0. The summed E-state index contributed by atoms with van der Waals surface area (Å²) in [6.07, 6.45) is 3.37. The number of aliphatic imine (C=N–C) groups is 1. The van der Waals surface area contributed by atoms with Gasteiger partial charge in [-0.15, -0.1) is 12.6 Å². The molecule has 1 aliphatic heterocycles. The van der Waals surface area contributed by atoms with E-state index in [0.717, 1.165) is 10.1 Å². The maximum Gasteiger partial charge on any atom is 0.152 e. The van der Waals surface area contributed by atoms with Gasteiger partial charge in [-0.25, -0.2) is 0 Å². The number of thiol groups is 1. The van der Waals surface area contributed by atoms with Gasteiger partial charge in [-0.2, -0.15) is 0 Å². The highest BCUT2D eigenvalue weighted by Gasteiger charge is 2.12. The van der Waals surface area contributed by atoms with Crippen molar-refractivity contribution in [3.8, 4) is 0 Å². The summed E-state index contributed by atoms with van der Waals surface area (Å²) in [5, 5.41) is 0. The van der Waals surface area contributed by atoms with Gasteiger partial charge in [0.05, 0.1) is 6.04 Å². The molecule has 0 spiro atoms. The molecule has 0 saturated carbocycles. The molecule has 2 nitrogen and oxygen atoms in total. The first-order valence-electron chi connectivity index (χ1n) is 3.27. The van der Waals surface area contributed by atoms with Gasteiger partial charge >= 0.3 is 0 Å². The molecule has 1 rings (SSSR count). The average molecular weight is 187 g/mol. The van der Waals surface area contributed by atoms with E-state index in [4.69, 9.17) is 0 Å². The van der Waals surface area contributed by atoms with Crippen molar-refractivity contribution in [1.82, 2.24) is 0 Å². The van der Waals surface area contributed by atoms with Crippen molar-refractivity contribution in [3.05, 3.63) is 12.2 Å². The van der Waals surface area contributed by atoms with E-state index in [1.807, 2.05) is 6.08 Å². The van der Waals surface area contributed by atoms with Crippen molar-refractivity contribution in [2.75, 3.05) is 5.75 Å². The van der Waals surface area contributed by atoms with E-state index in [1.54, 1.807) is 17.8 Å². The second kappa shape index (κ2) is 3.97. The van der Waals surface area contributed by atoms with Crippen LogP contribution in [0, 0.1) is 0 Å². The largest absolute Gasteiger partial charge is 0.295 e. The lowest BCUT2D eigenvalue weighted by Gasteiger charge is -1.93. The van der Waals surface area contributed by atoms with Crippen LogP contribution in [-0.2, 0) is 4.79 Å². The molecule has 0 aromatic heterocycles. The molecule has 0 aromatic carbocycles.